The molecular formula is C15H10ClNO2. The number of aromatic hydroxyl groups is 1. The number of halogens is 1. The van der Waals surface area contributed by atoms with Gasteiger partial charge >= 0.3 is 0 Å². The smallest absolute Gasteiger partial charge is 0.256 e. The van der Waals surface area contributed by atoms with Gasteiger partial charge in [0.15, 0.2) is 0 Å². The zero-order chi connectivity index (χ0) is 13.4. The Kier molecular flexibility index (Phi) is 2.76. The highest BCUT2D eigenvalue weighted by Gasteiger charge is 2.26. The number of carbonyl (C=O) groups is 1. The number of benzene rings is 2. The van der Waals surface area contributed by atoms with Crippen LogP contribution in [0.15, 0.2) is 42.5 Å². The number of hydrogen-bond acceptors (Lipinski definition) is 2. The topological polar surface area (TPSA) is 49.3 Å². The van der Waals surface area contributed by atoms with Crippen molar-refractivity contribution < 1.29 is 9.90 Å². The number of phenolic OH excluding ortho intramolecular Hbond substituents is 1. The Morgan fingerprint density at radius 2 is 1.84 bits per heavy atom. The van der Waals surface area contributed by atoms with Gasteiger partial charge in [-0.2, -0.15) is 0 Å². The first-order valence-electron chi connectivity index (χ1n) is 5.76. The third-order valence-corrected chi connectivity index (χ3v) is 3.29. The van der Waals surface area contributed by atoms with E-state index >= 15 is 0 Å². The molecule has 3 nitrogen and oxygen atoms in total. The number of carbonyl (C=O) groups excluding carboxylic acids is 1. The van der Waals surface area contributed by atoms with Crippen molar-refractivity contribution in [3.8, 4) is 5.75 Å². The lowest BCUT2D eigenvalue weighted by Crippen LogP contribution is -2.03. The normalized spacial score (nSPS) is 15.4. The Morgan fingerprint density at radius 3 is 2.58 bits per heavy atom. The van der Waals surface area contributed by atoms with Crippen LogP contribution in [0.3, 0.4) is 0 Å². The van der Waals surface area contributed by atoms with E-state index in [-0.39, 0.29) is 11.7 Å². The molecule has 0 atom stereocenters. The molecule has 0 aromatic heterocycles. The number of rotatable bonds is 1. The zero-order valence-electron chi connectivity index (χ0n) is 9.85. The van der Waals surface area contributed by atoms with Gasteiger partial charge in [0.05, 0.1) is 16.3 Å². The zero-order valence-corrected chi connectivity index (χ0v) is 10.6. The highest BCUT2D eigenvalue weighted by molar-refractivity contribution is 6.41. The van der Waals surface area contributed by atoms with Gasteiger partial charge in [0, 0.05) is 5.56 Å². The van der Waals surface area contributed by atoms with E-state index in [4.69, 9.17) is 11.6 Å². The Bertz CT molecular complexity index is 690. The first kappa shape index (κ1) is 11.8. The predicted molar refractivity (Wildman–Crippen MR) is 76.1 cm³/mol. The van der Waals surface area contributed by atoms with Crippen LogP contribution in [0.1, 0.15) is 11.1 Å². The molecule has 2 aromatic carbocycles. The van der Waals surface area contributed by atoms with E-state index in [2.05, 4.69) is 5.32 Å². The summed E-state index contributed by atoms with van der Waals surface area (Å²) < 4.78 is 0. The maximum absolute atomic E-state index is 12.0. The monoisotopic (exact) mass is 271 g/mol. The summed E-state index contributed by atoms with van der Waals surface area (Å²) in [5.74, 6) is 0.0210. The largest absolute Gasteiger partial charge is 0.508 e. The molecule has 0 saturated heterocycles. The number of amides is 1. The van der Waals surface area contributed by atoms with Gasteiger partial charge in [0.1, 0.15) is 5.75 Å². The molecule has 2 N–H and O–H groups in total. The van der Waals surface area contributed by atoms with Crippen LogP contribution in [0.5, 0.6) is 5.75 Å². The molecule has 94 valence electrons. The predicted octanol–water partition coefficient (Wildman–Crippen LogP) is 3.54. The molecule has 19 heavy (non-hydrogen) atoms. The molecule has 1 heterocycles. The molecule has 1 aliphatic rings. The molecular weight excluding hydrogens is 262 g/mol. The summed E-state index contributed by atoms with van der Waals surface area (Å²) >= 11 is 6.15. The molecule has 0 bridgehead atoms. The maximum atomic E-state index is 12.0. The van der Waals surface area contributed by atoms with Crippen molar-refractivity contribution in [1.82, 2.24) is 0 Å². The minimum atomic E-state index is -0.170. The SMILES string of the molecule is O=C1Nc2cccc(Cl)c2/C1=C/c1ccc(O)cc1. The van der Waals surface area contributed by atoms with E-state index in [1.54, 1.807) is 42.5 Å². The summed E-state index contributed by atoms with van der Waals surface area (Å²) in [5, 5.41) is 12.6. The average molecular weight is 272 g/mol. The van der Waals surface area contributed by atoms with Crippen LogP contribution < -0.4 is 5.32 Å². The van der Waals surface area contributed by atoms with Crippen LogP contribution in [0.4, 0.5) is 5.69 Å². The van der Waals surface area contributed by atoms with Gasteiger partial charge in [0.25, 0.3) is 5.91 Å². The van der Waals surface area contributed by atoms with Crippen molar-refractivity contribution >= 4 is 34.8 Å². The van der Waals surface area contributed by atoms with E-state index in [1.165, 1.54) is 0 Å². The Labute approximate surface area is 115 Å². The van der Waals surface area contributed by atoms with Crippen molar-refractivity contribution in [2.24, 2.45) is 0 Å². The lowest BCUT2D eigenvalue weighted by atomic mass is 10.0. The number of phenols is 1. The fourth-order valence-corrected chi connectivity index (χ4v) is 2.36. The molecule has 1 aliphatic heterocycles. The lowest BCUT2D eigenvalue weighted by Gasteiger charge is -2.01. The van der Waals surface area contributed by atoms with E-state index in [0.29, 0.717) is 10.6 Å². The molecule has 3 rings (SSSR count). The first-order chi connectivity index (χ1) is 9.15. The van der Waals surface area contributed by atoms with Gasteiger partial charge in [-0.05, 0) is 35.9 Å². The summed E-state index contributed by atoms with van der Waals surface area (Å²) in [4.78, 5) is 12.0. The summed E-state index contributed by atoms with van der Waals surface area (Å²) in [6, 6.07) is 12.0. The third-order valence-electron chi connectivity index (χ3n) is 2.98. The minimum Gasteiger partial charge on any atom is -0.508 e. The van der Waals surface area contributed by atoms with Gasteiger partial charge in [0.2, 0.25) is 0 Å². The van der Waals surface area contributed by atoms with Crippen molar-refractivity contribution in [1.29, 1.82) is 0 Å². The molecule has 0 aliphatic carbocycles. The Hall–Kier alpha value is -2.26. The number of fused-ring (bicyclic) bond motifs is 1. The van der Waals surface area contributed by atoms with Gasteiger partial charge in [-0.3, -0.25) is 4.79 Å². The van der Waals surface area contributed by atoms with Crippen molar-refractivity contribution in [3.05, 3.63) is 58.6 Å². The quantitative estimate of drug-likeness (QED) is 0.780. The van der Waals surface area contributed by atoms with E-state index in [1.807, 2.05) is 6.07 Å². The van der Waals surface area contributed by atoms with Crippen LogP contribution in [0.2, 0.25) is 5.02 Å². The molecule has 1 amide bonds. The summed E-state index contributed by atoms with van der Waals surface area (Å²) in [5.41, 5.74) is 2.81. The second kappa shape index (κ2) is 4.44. The molecule has 0 fully saturated rings. The maximum Gasteiger partial charge on any atom is 0.256 e. The Morgan fingerprint density at radius 1 is 1.11 bits per heavy atom. The standard InChI is InChI=1S/C15H10ClNO2/c16-12-2-1-3-13-14(12)11(15(19)17-13)8-9-4-6-10(18)7-5-9/h1-8,18H,(H,17,19)/b11-8-. The molecule has 2 aromatic rings. The van der Waals surface area contributed by atoms with Gasteiger partial charge in [-0.1, -0.05) is 29.8 Å². The highest BCUT2D eigenvalue weighted by atomic mass is 35.5. The molecule has 0 radical (unpaired) electrons. The fraction of sp³-hybridized carbons (Fsp3) is 0. The fourth-order valence-electron chi connectivity index (χ4n) is 2.08. The van der Waals surface area contributed by atoms with Crippen LogP contribution in [0, 0.1) is 0 Å². The van der Waals surface area contributed by atoms with Crippen molar-refractivity contribution in [2.75, 3.05) is 5.32 Å². The van der Waals surface area contributed by atoms with Gasteiger partial charge in [-0.15, -0.1) is 0 Å². The second-order valence-corrected chi connectivity index (χ2v) is 4.67. The van der Waals surface area contributed by atoms with E-state index < -0.39 is 0 Å². The summed E-state index contributed by atoms with van der Waals surface area (Å²) in [6.07, 6.45) is 1.76. The first-order valence-corrected chi connectivity index (χ1v) is 6.14. The number of hydrogen-bond donors (Lipinski definition) is 2. The third kappa shape index (κ3) is 2.09. The number of nitrogens with one attached hydrogen (secondary N) is 1. The highest BCUT2D eigenvalue weighted by Crippen LogP contribution is 2.38. The van der Waals surface area contributed by atoms with E-state index in [9.17, 15) is 9.90 Å². The van der Waals surface area contributed by atoms with Crippen molar-refractivity contribution in [2.45, 2.75) is 0 Å². The molecule has 0 saturated carbocycles. The van der Waals surface area contributed by atoms with Crippen LogP contribution in [0.25, 0.3) is 11.6 Å². The average Bonchev–Trinajstić information content (AvgIpc) is 2.70. The van der Waals surface area contributed by atoms with Crippen molar-refractivity contribution in [3.63, 3.8) is 0 Å². The van der Waals surface area contributed by atoms with Gasteiger partial charge in [-0.25, -0.2) is 0 Å². The summed E-state index contributed by atoms with van der Waals surface area (Å²) in [6.45, 7) is 0. The molecule has 0 unspecified atom stereocenters. The summed E-state index contributed by atoms with van der Waals surface area (Å²) in [7, 11) is 0. The second-order valence-electron chi connectivity index (χ2n) is 4.27. The van der Waals surface area contributed by atoms with Crippen LogP contribution >= 0.6 is 11.6 Å². The van der Waals surface area contributed by atoms with Crippen LogP contribution in [-0.2, 0) is 4.79 Å². The molecule has 0 spiro atoms. The lowest BCUT2D eigenvalue weighted by molar-refractivity contribution is -0.110. The molecule has 4 heteroatoms. The van der Waals surface area contributed by atoms with Gasteiger partial charge < -0.3 is 10.4 Å². The van der Waals surface area contributed by atoms with Crippen LogP contribution in [-0.4, -0.2) is 11.0 Å². The minimum absolute atomic E-state index is 0.170. The Balaban J connectivity index is 2.11. The number of anilines is 1. The van der Waals surface area contributed by atoms with E-state index in [0.717, 1.165) is 16.8 Å².